The van der Waals surface area contributed by atoms with E-state index in [1.54, 1.807) is 29.0 Å². The topological polar surface area (TPSA) is 89.5 Å². The van der Waals surface area contributed by atoms with Crippen molar-refractivity contribution >= 4 is 22.5 Å². The van der Waals surface area contributed by atoms with Crippen LogP contribution in [0.4, 0.5) is 0 Å². The number of carboxylic acids is 1. The molecule has 3 rings (SSSR count). The predicted octanol–water partition coefficient (Wildman–Crippen LogP) is 0.519. The Labute approximate surface area is 106 Å². The molecule has 0 amide bonds. The van der Waals surface area contributed by atoms with E-state index in [1.807, 2.05) is 0 Å². The third-order valence-electron chi connectivity index (χ3n) is 2.92. The smallest absolute Gasteiger partial charge is 0.305 e. The van der Waals surface area contributed by atoms with Crippen LogP contribution in [0.2, 0.25) is 0 Å². The molecule has 0 fully saturated rings. The summed E-state index contributed by atoms with van der Waals surface area (Å²) in [5, 5.41) is 13.2. The van der Waals surface area contributed by atoms with Gasteiger partial charge in [0.05, 0.1) is 23.5 Å². The highest BCUT2D eigenvalue weighted by Crippen LogP contribution is 2.10. The zero-order valence-corrected chi connectivity index (χ0v) is 9.85. The Bertz CT molecular complexity index is 834. The van der Waals surface area contributed by atoms with Gasteiger partial charge in [-0.15, -0.1) is 0 Å². The zero-order valence-electron chi connectivity index (χ0n) is 9.85. The largest absolute Gasteiger partial charge is 0.481 e. The van der Waals surface area contributed by atoms with Crippen molar-refractivity contribution in [3.63, 3.8) is 0 Å². The molecule has 0 aliphatic rings. The van der Waals surface area contributed by atoms with Gasteiger partial charge in [0.2, 0.25) is 0 Å². The molecule has 0 radical (unpaired) electrons. The Hall–Kier alpha value is -2.70. The summed E-state index contributed by atoms with van der Waals surface area (Å²) in [5.74, 6) is -0.937. The molecule has 0 aromatic carbocycles. The van der Waals surface area contributed by atoms with Crippen molar-refractivity contribution in [2.75, 3.05) is 0 Å². The van der Waals surface area contributed by atoms with Crippen LogP contribution < -0.4 is 5.56 Å². The predicted molar refractivity (Wildman–Crippen MR) is 67.0 cm³/mol. The van der Waals surface area contributed by atoms with Crippen molar-refractivity contribution in [3.05, 3.63) is 41.1 Å². The van der Waals surface area contributed by atoms with E-state index in [1.165, 1.54) is 10.8 Å². The van der Waals surface area contributed by atoms with Crippen LogP contribution in [-0.4, -0.2) is 30.2 Å². The molecule has 0 saturated carbocycles. The van der Waals surface area contributed by atoms with Gasteiger partial charge in [0, 0.05) is 25.0 Å². The minimum Gasteiger partial charge on any atom is -0.481 e. The van der Waals surface area contributed by atoms with Crippen LogP contribution in [0.3, 0.4) is 0 Å². The summed E-state index contributed by atoms with van der Waals surface area (Å²) in [4.78, 5) is 26.9. The fourth-order valence-electron chi connectivity index (χ4n) is 1.99. The molecule has 1 N–H and O–H groups in total. The van der Waals surface area contributed by atoms with Gasteiger partial charge >= 0.3 is 5.97 Å². The molecule has 3 aromatic heterocycles. The number of hydrogen-bond donors (Lipinski definition) is 1. The first-order valence-electron chi connectivity index (χ1n) is 5.70. The second-order valence-electron chi connectivity index (χ2n) is 4.12. The summed E-state index contributed by atoms with van der Waals surface area (Å²) in [6.45, 7) is 0.140. The number of pyridine rings is 1. The number of carboxylic acid groups (broad SMARTS) is 1. The Morgan fingerprint density at radius 3 is 3.00 bits per heavy atom. The summed E-state index contributed by atoms with van der Waals surface area (Å²) < 4.78 is 2.95. The van der Waals surface area contributed by atoms with Gasteiger partial charge in [-0.05, 0) is 6.07 Å². The SMILES string of the molecule is O=C(O)CCn1ccc2c(cnc3ccnn32)c1=O. The first-order valence-corrected chi connectivity index (χ1v) is 5.70. The first-order chi connectivity index (χ1) is 9.16. The third kappa shape index (κ3) is 1.85. The van der Waals surface area contributed by atoms with E-state index in [4.69, 9.17) is 5.11 Å². The molecule has 7 nitrogen and oxygen atoms in total. The molecule has 0 spiro atoms. The highest BCUT2D eigenvalue weighted by Gasteiger charge is 2.08. The molecule has 7 heteroatoms. The van der Waals surface area contributed by atoms with Crippen molar-refractivity contribution < 1.29 is 9.90 Å². The maximum atomic E-state index is 12.2. The van der Waals surface area contributed by atoms with E-state index in [2.05, 4.69) is 10.1 Å². The molecular formula is C12H10N4O3. The van der Waals surface area contributed by atoms with Crippen LogP contribution in [0, 0.1) is 0 Å². The van der Waals surface area contributed by atoms with E-state index in [9.17, 15) is 9.59 Å². The summed E-state index contributed by atoms with van der Waals surface area (Å²) in [7, 11) is 0. The summed E-state index contributed by atoms with van der Waals surface area (Å²) in [6.07, 6.45) is 4.58. The molecule has 0 aliphatic carbocycles. The minimum absolute atomic E-state index is 0.0944. The quantitative estimate of drug-likeness (QED) is 0.739. The maximum Gasteiger partial charge on any atom is 0.305 e. The fourth-order valence-corrected chi connectivity index (χ4v) is 1.99. The van der Waals surface area contributed by atoms with Gasteiger partial charge in [-0.2, -0.15) is 5.10 Å². The third-order valence-corrected chi connectivity index (χ3v) is 2.92. The lowest BCUT2D eigenvalue weighted by Crippen LogP contribution is -2.21. The Balaban J connectivity index is 2.19. The number of aliphatic carboxylic acids is 1. The molecule has 0 bridgehead atoms. The Morgan fingerprint density at radius 1 is 1.37 bits per heavy atom. The molecule has 0 aliphatic heterocycles. The molecule has 3 aromatic rings. The first kappa shape index (κ1) is 11.4. The second-order valence-corrected chi connectivity index (χ2v) is 4.12. The van der Waals surface area contributed by atoms with Gasteiger partial charge < -0.3 is 9.67 Å². The lowest BCUT2D eigenvalue weighted by Gasteiger charge is -2.06. The standard InChI is InChI=1S/C12H10N4O3/c17-11(18)3-6-15-5-2-9-8(12(15)19)7-13-10-1-4-14-16(9)10/h1-2,4-5,7H,3,6H2,(H,17,18). The number of aromatic nitrogens is 4. The molecule has 19 heavy (non-hydrogen) atoms. The fraction of sp³-hybridized carbons (Fsp3) is 0.167. The van der Waals surface area contributed by atoms with Crippen LogP contribution in [0.5, 0.6) is 0 Å². The highest BCUT2D eigenvalue weighted by molar-refractivity contribution is 5.79. The van der Waals surface area contributed by atoms with Crippen molar-refractivity contribution in [1.82, 2.24) is 19.2 Å². The second kappa shape index (κ2) is 4.20. The minimum atomic E-state index is -0.937. The van der Waals surface area contributed by atoms with Crippen molar-refractivity contribution in [2.24, 2.45) is 0 Å². The van der Waals surface area contributed by atoms with E-state index in [0.29, 0.717) is 16.6 Å². The van der Waals surface area contributed by atoms with Gasteiger partial charge in [0.1, 0.15) is 0 Å². The lowest BCUT2D eigenvalue weighted by atomic mass is 10.3. The van der Waals surface area contributed by atoms with E-state index >= 15 is 0 Å². The molecular weight excluding hydrogens is 248 g/mol. The van der Waals surface area contributed by atoms with Crippen molar-refractivity contribution in [2.45, 2.75) is 13.0 Å². The average molecular weight is 258 g/mol. The number of rotatable bonds is 3. The molecule has 3 heterocycles. The summed E-state index contributed by atoms with van der Waals surface area (Å²) >= 11 is 0. The van der Waals surface area contributed by atoms with Crippen LogP contribution >= 0.6 is 0 Å². The molecule has 0 atom stereocenters. The number of fused-ring (bicyclic) bond motifs is 3. The van der Waals surface area contributed by atoms with Gasteiger partial charge in [-0.1, -0.05) is 0 Å². The van der Waals surface area contributed by atoms with Crippen LogP contribution in [0.15, 0.2) is 35.5 Å². The number of hydrogen-bond acceptors (Lipinski definition) is 4. The van der Waals surface area contributed by atoms with E-state index in [0.717, 1.165) is 0 Å². The number of carbonyl (C=O) groups is 1. The Morgan fingerprint density at radius 2 is 2.21 bits per heavy atom. The van der Waals surface area contributed by atoms with Gasteiger partial charge in [0.15, 0.2) is 5.65 Å². The average Bonchev–Trinajstić information content (AvgIpc) is 2.86. The van der Waals surface area contributed by atoms with Crippen molar-refractivity contribution in [1.29, 1.82) is 0 Å². The van der Waals surface area contributed by atoms with Gasteiger partial charge in [0.25, 0.3) is 5.56 Å². The van der Waals surface area contributed by atoms with Crippen LogP contribution in [-0.2, 0) is 11.3 Å². The molecule has 96 valence electrons. The lowest BCUT2D eigenvalue weighted by molar-refractivity contribution is -0.137. The van der Waals surface area contributed by atoms with Crippen molar-refractivity contribution in [3.8, 4) is 0 Å². The Kier molecular flexibility index (Phi) is 2.52. The van der Waals surface area contributed by atoms with Gasteiger partial charge in [-0.3, -0.25) is 9.59 Å². The van der Waals surface area contributed by atoms with Crippen LogP contribution in [0.1, 0.15) is 6.42 Å². The van der Waals surface area contributed by atoms with E-state index in [-0.39, 0.29) is 18.5 Å². The van der Waals surface area contributed by atoms with Crippen LogP contribution in [0.25, 0.3) is 16.6 Å². The highest BCUT2D eigenvalue weighted by atomic mass is 16.4. The molecule has 0 saturated heterocycles. The summed E-state index contributed by atoms with van der Waals surface area (Å²) in [6, 6.07) is 3.48. The van der Waals surface area contributed by atoms with Gasteiger partial charge in [-0.25, -0.2) is 9.50 Å². The normalized spacial score (nSPS) is 11.2. The monoisotopic (exact) mass is 258 g/mol. The maximum absolute atomic E-state index is 12.2. The number of nitrogens with zero attached hydrogens (tertiary/aromatic N) is 4. The molecule has 0 unspecified atom stereocenters. The summed E-state index contributed by atoms with van der Waals surface area (Å²) in [5.41, 5.74) is 1.06. The van der Waals surface area contributed by atoms with E-state index < -0.39 is 5.97 Å². The number of aryl methyl sites for hydroxylation is 1. The zero-order chi connectivity index (χ0) is 13.4.